The van der Waals surface area contributed by atoms with Crippen molar-refractivity contribution < 1.29 is 14.3 Å². The summed E-state index contributed by atoms with van der Waals surface area (Å²) in [6.07, 6.45) is 2.96. The normalized spacial score (nSPS) is 23.5. The molecule has 1 aromatic carbocycles. The highest BCUT2D eigenvalue weighted by molar-refractivity contribution is 5.84. The number of carbonyl (C=O) groups is 2. The Balaban J connectivity index is 1.31. The maximum Gasteiger partial charge on any atom is 0.240 e. The van der Waals surface area contributed by atoms with Gasteiger partial charge in [-0.1, -0.05) is 18.6 Å². The number of morpholine rings is 1. The Kier molecular flexibility index (Phi) is 6.89. The van der Waals surface area contributed by atoms with Crippen LogP contribution < -0.4 is 4.90 Å². The molecule has 0 aromatic heterocycles. The Bertz CT molecular complexity index is 742. The number of piperidine rings is 1. The molecule has 2 amide bonds. The Morgan fingerprint density at radius 1 is 0.967 bits per heavy atom. The number of hydrogen-bond donors (Lipinski definition) is 0. The van der Waals surface area contributed by atoms with E-state index in [1.165, 1.54) is 11.3 Å². The molecule has 0 radical (unpaired) electrons. The molecule has 4 rings (SSSR count). The third-order valence-electron chi connectivity index (χ3n) is 6.56. The van der Waals surface area contributed by atoms with Crippen LogP contribution in [-0.4, -0.2) is 98.1 Å². The zero-order valence-corrected chi connectivity index (χ0v) is 18.1. The molecule has 0 aliphatic carbocycles. The second-order valence-electron chi connectivity index (χ2n) is 8.63. The molecule has 0 bridgehead atoms. The first-order valence-corrected chi connectivity index (χ1v) is 11.3. The number of nitrogens with zero attached hydrogens (tertiary/aromatic N) is 4. The molecule has 164 valence electrons. The van der Waals surface area contributed by atoms with Crippen LogP contribution in [0.3, 0.4) is 0 Å². The number of rotatable bonds is 4. The summed E-state index contributed by atoms with van der Waals surface area (Å²) in [4.78, 5) is 34.4. The van der Waals surface area contributed by atoms with Crippen molar-refractivity contribution in [3.63, 3.8) is 0 Å². The third kappa shape index (κ3) is 4.95. The first kappa shape index (κ1) is 21.1. The molecule has 3 aliphatic heterocycles. The highest BCUT2D eigenvalue weighted by Gasteiger charge is 2.34. The molecule has 7 nitrogen and oxygen atoms in total. The van der Waals surface area contributed by atoms with Crippen molar-refractivity contribution in [3.8, 4) is 0 Å². The molecule has 7 heteroatoms. The lowest BCUT2D eigenvalue weighted by molar-refractivity contribution is -0.144. The first-order chi connectivity index (χ1) is 14.6. The fraction of sp³-hybridized carbons (Fsp3) is 0.652. The predicted molar refractivity (Wildman–Crippen MR) is 117 cm³/mol. The van der Waals surface area contributed by atoms with Gasteiger partial charge in [-0.25, -0.2) is 0 Å². The number of benzene rings is 1. The van der Waals surface area contributed by atoms with Gasteiger partial charge in [0.15, 0.2) is 0 Å². The van der Waals surface area contributed by atoms with Gasteiger partial charge in [0.2, 0.25) is 11.8 Å². The van der Waals surface area contributed by atoms with E-state index in [1.54, 1.807) is 0 Å². The average molecular weight is 415 g/mol. The lowest BCUT2D eigenvalue weighted by Gasteiger charge is -2.40. The van der Waals surface area contributed by atoms with Gasteiger partial charge in [0.05, 0.1) is 25.8 Å². The summed E-state index contributed by atoms with van der Waals surface area (Å²) < 4.78 is 5.38. The summed E-state index contributed by atoms with van der Waals surface area (Å²) in [6.45, 7) is 9.03. The summed E-state index contributed by atoms with van der Waals surface area (Å²) in [5, 5.41) is 0. The molecular weight excluding hydrogens is 380 g/mol. The van der Waals surface area contributed by atoms with E-state index >= 15 is 0 Å². The molecule has 3 aliphatic rings. The second kappa shape index (κ2) is 9.79. The number of ether oxygens (including phenoxy) is 1. The van der Waals surface area contributed by atoms with E-state index in [4.69, 9.17) is 4.74 Å². The molecule has 3 fully saturated rings. The topological polar surface area (TPSA) is 56.3 Å². The molecule has 1 atom stereocenters. The molecular formula is C23H34N4O3. The number of piperazine rings is 1. The first-order valence-electron chi connectivity index (χ1n) is 11.3. The minimum atomic E-state index is -0.158. The second-order valence-corrected chi connectivity index (χ2v) is 8.63. The van der Waals surface area contributed by atoms with Gasteiger partial charge in [-0.05, 0) is 44.0 Å². The van der Waals surface area contributed by atoms with E-state index in [0.29, 0.717) is 32.8 Å². The van der Waals surface area contributed by atoms with Crippen LogP contribution in [0.4, 0.5) is 5.69 Å². The van der Waals surface area contributed by atoms with Gasteiger partial charge in [0.25, 0.3) is 0 Å². The zero-order chi connectivity index (χ0) is 20.9. The Morgan fingerprint density at radius 2 is 1.73 bits per heavy atom. The lowest BCUT2D eigenvalue weighted by atomic mass is 10.0. The number of amides is 2. The standard InChI is InChI=1S/C23H34N4O3/c1-19-5-4-6-20(17-19)24-9-11-25(12-10-24)22(28)18-27-8-3-2-7-21(27)23(29)26-13-15-30-16-14-26/h4-6,17,21H,2-3,7-16,18H2,1H3. The number of aryl methyl sites for hydroxylation is 1. The van der Waals surface area contributed by atoms with Crippen molar-refractivity contribution in [1.82, 2.24) is 14.7 Å². The molecule has 0 saturated carbocycles. The van der Waals surface area contributed by atoms with Crippen LogP contribution in [0, 0.1) is 6.92 Å². The summed E-state index contributed by atoms with van der Waals surface area (Å²) in [7, 11) is 0. The van der Waals surface area contributed by atoms with Gasteiger partial charge in [0, 0.05) is 45.0 Å². The van der Waals surface area contributed by atoms with E-state index in [0.717, 1.165) is 52.0 Å². The van der Waals surface area contributed by atoms with E-state index in [2.05, 4.69) is 41.0 Å². The summed E-state index contributed by atoms with van der Waals surface area (Å²) in [5.74, 6) is 0.329. The SMILES string of the molecule is Cc1cccc(N2CCN(C(=O)CN3CCCCC3C(=O)N3CCOCC3)CC2)c1. The number of carbonyl (C=O) groups excluding carboxylic acids is 2. The smallest absolute Gasteiger partial charge is 0.240 e. The molecule has 0 N–H and O–H groups in total. The number of likely N-dealkylation sites (tertiary alicyclic amines) is 1. The predicted octanol–water partition coefficient (Wildman–Crippen LogP) is 1.36. The van der Waals surface area contributed by atoms with Crippen LogP contribution in [0.2, 0.25) is 0 Å². The molecule has 30 heavy (non-hydrogen) atoms. The number of hydrogen-bond acceptors (Lipinski definition) is 5. The van der Waals surface area contributed by atoms with Crippen LogP contribution >= 0.6 is 0 Å². The highest BCUT2D eigenvalue weighted by Crippen LogP contribution is 2.21. The van der Waals surface area contributed by atoms with Crippen molar-refractivity contribution in [2.45, 2.75) is 32.2 Å². The Labute approximate surface area is 179 Å². The molecule has 1 aromatic rings. The van der Waals surface area contributed by atoms with E-state index in [9.17, 15) is 9.59 Å². The maximum atomic E-state index is 13.0. The third-order valence-corrected chi connectivity index (χ3v) is 6.56. The molecule has 3 saturated heterocycles. The van der Waals surface area contributed by atoms with Crippen LogP contribution in [0.25, 0.3) is 0 Å². The van der Waals surface area contributed by atoms with E-state index < -0.39 is 0 Å². The molecule has 1 unspecified atom stereocenters. The van der Waals surface area contributed by atoms with Crippen molar-refractivity contribution in [3.05, 3.63) is 29.8 Å². The summed E-state index contributed by atoms with van der Waals surface area (Å²) in [5.41, 5.74) is 2.49. The highest BCUT2D eigenvalue weighted by atomic mass is 16.5. The minimum absolute atomic E-state index is 0.153. The Hall–Kier alpha value is -2.12. The average Bonchev–Trinajstić information content (AvgIpc) is 2.79. The largest absolute Gasteiger partial charge is 0.378 e. The van der Waals surface area contributed by atoms with Crippen LogP contribution in [0.15, 0.2) is 24.3 Å². The quantitative estimate of drug-likeness (QED) is 0.745. The van der Waals surface area contributed by atoms with E-state index in [1.807, 2.05) is 9.80 Å². The maximum absolute atomic E-state index is 13.0. The molecule has 3 heterocycles. The van der Waals surface area contributed by atoms with Crippen molar-refractivity contribution in [1.29, 1.82) is 0 Å². The fourth-order valence-corrected chi connectivity index (χ4v) is 4.77. The van der Waals surface area contributed by atoms with Gasteiger partial charge in [-0.3, -0.25) is 14.5 Å². The van der Waals surface area contributed by atoms with Crippen molar-refractivity contribution in [2.75, 3.05) is 70.5 Å². The Morgan fingerprint density at radius 3 is 2.47 bits per heavy atom. The van der Waals surface area contributed by atoms with E-state index in [-0.39, 0.29) is 17.9 Å². The number of anilines is 1. The lowest BCUT2D eigenvalue weighted by Crippen LogP contribution is -2.57. The zero-order valence-electron chi connectivity index (χ0n) is 18.1. The fourth-order valence-electron chi connectivity index (χ4n) is 4.77. The summed E-state index contributed by atoms with van der Waals surface area (Å²) in [6, 6.07) is 8.38. The van der Waals surface area contributed by atoms with Crippen molar-refractivity contribution >= 4 is 17.5 Å². The van der Waals surface area contributed by atoms with Gasteiger partial charge < -0.3 is 19.4 Å². The monoisotopic (exact) mass is 414 g/mol. The van der Waals surface area contributed by atoms with Gasteiger partial charge in [-0.15, -0.1) is 0 Å². The molecule has 0 spiro atoms. The minimum Gasteiger partial charge on any atom is -0.378 e. The van der Waals surface area contributed by atoms with Gasteiger partial charge >= 0.3 is 0 Å². The van der Waals surface area contributed by atoms with Gasteiger partial charge in [0.1, 0.15) is 0 Å². The van der Waals surface area contributed by atoms with Crippen LogP contribution in [0.1, 0.15) is 24.8 Å². The van der Waals surface area contributed by atoms with Crippen molar-refractivity contribution in [2.24, 2.45) is 0 Å². The van der Waals surface area contributed by atoms with Crippen LogP contribution in [0.5, 0.6) is 0 Å². The van der Waals surface area contributed by atoms with Gasteiger partial charge in [-0.2, -0.15) is 0 Å². The van der Waals surface area contributed by atoms with Crippen LogP contribution in [-0.2, 0) is 14.3 Å². The summed E-state index contributed by atoms with van der Waals surface area (Å²) >= 11 is 0.